The van der Waals surface area contributed by atoms with Crippen LogP contribution in [-0.4, -0.2) is 75.0 Å². The fraction of sp³-hybridized carbons (Fsp3) is 0.944. The Bertz CT molecular complexity index is 347. The molecule has 0 radical (unpaired) electrons. The second-order valence-corrected chi connectivity index (χ2v) is 7.14. The number of nitrogens with one attached hydrogen (secondary N) is 2. The lowest BCUT2D eigenvalue weighted by atomic mass is 10.2. The molecule has 2 unspecified atom stereocenters. The molecular formula is C18H38N4O2. The van der Waals surface area contributed by atoms with Crippen molar-refractivity contribution < 1.29 is 9.47 Å². The first-order valence-corrected chi connectivity index (χ1v) is 9.36. The first kappa shape index (κ1) is 21.2. The van der Waals surface area contributed by atoms with E-state index in [1.165, 1.54) is 0 Å². The van der Waals surface area contributed by atoms with Gasteiger partial charge in [-0.05, 0) is 47.5 Å². The number of rotatable bonds is 10. The third-order valence-corrected chi connectivity index (χ3v) is 4.29. The van der Waals surface area contributed by atoms with Crippen molar-refractivity contribution in [3.8, 4) is 0 Å². The Morgan fingerprint density at radius 1 is 1.25 bits per heavy atom. The molecule has 1 heterocycles. The van der Waals surface area contributed by atoms with Gasteiger partial charge in [0.05, 0.1) is 19.3 Å². The van der Waals surface area contributed by atoms with E-state index in [9.17, 15) is 0 Å². The van der Waals surface area contributed by atoms with Crippen LogP contribution in [0, 0.1) is 0 Å². The van der Waals surface area contributed by atoms with Crippen molar-refractivity contribution in [3.05, 3.63) is 0 Å². The van der Waals surface area contributed by atoms with Crippen LogP contribution in [0.4, 0.5) is 0 Å². The number of hydrogen-bond acceptors (Lipinski definition) is 4. The maximum absolute atomic E-state index is 5.84. The van der Waals surface area contributed by atoms with Gasteiger partial charge in [-0.15, -0.1) is 0 Å². The number of aliphatic imine (C=N–C) groups is 1. The van der Waals surface area contributed by atoms with Crippen molar-refractivity contribution >= 4 is 5.96 Å². The van der Waals surface area contributed by atoms with Crippen molar-refractivity contribution in [1.29, 1.82) is 0 Å². The van der Waals surface area contributed by atoms with Crippen LogP contribution in [0.25, 0.3) is 0 Å². The highest BCUT2D eigenvalue weighted by Gasteiger charge is 2.17. The summed E-state index contributed by atoms with van der Waals surface area (Å²) in [5, 5.41) is 6.78. The Balaban J connectivity index is 2.19. The minimum Gasteiger partial charge on any atom is -0.379 e. The third-order valence-electron chi connectivity index (χ3n) is 4.29. The standard InChI is InChI=1S/C18H38N4O2/c1-14(2)22(15(3)4)10-7-9-20-18(19-6)21-16(5)12-24-17-8-11-23-13-17/h14-17H,7-13H2,1-6H3,(H2,19,20,21). The molecule has 0 aromatic carbocycles. The quantitative estimate of drug-likeness (QED) is 0.360. The monoisotopic (exact) mass is 342 g/mol. The van der Waals surface area contributed by atoms with Crippen molar-refractivity contribution in [3.63, 3.8) is 0 Å². The highest BCUT2D eigenvalue weighted by atomic mass is 16.5. The van der Waals surface area contributed by atoms with Crippen LogP contribution in [-0.2, 0) is 9.47 Å². The summed E-state index contributed by atoms with van der Waals surface area (Å²) in [5.74, 6) is 0.842. The minimum atomic E-state index is 0.222. The summed E-state index contributed by atoms with van der Waals surface area (Å²) >= 11 is 0. The zero-order valence-corrected chi connectivity index (χ0v) is 16.5. The van der Waals surface area contributed by atoms with E-state index in [0.717, 1.165) is 45.1 Å². The zero-order chi connectivity index (χ0) is 17.9. The molecule has 1 aliphatic heterocycles. The van der Waals surface area contributed by atoms with E-state index < -0.39 is 0 Å². The molecule has 0 spiro atoms. The molecule has 6 heteroatoms. The van der Waals surface area contributed by atoms with Crippen LogP contribution >= 0.6 is 0 Å². The Labute approximate surface area is 148 Å². The predicted octanol–water partition coefficient (Wildman–Crippen LogP) is 1.85. The van der Waals surface area contributed by atoms with Gasteiger partial charge in [0.2, 0.25) is 0 Å². The second kappa shape index (κ2) is 11.7. The van der Waals surface area contributed by atoms with E-state index in [-0.39, 0.29) is 12.1 Å². The summed E-state index contributed by atoms with van der Waals surface area (Å²) in [6, 6.07) is 1.39. The Morgan fingerprint density at radius 2 is 1.96 bits per heavy atom. The topological polar surface area (TPSA) is 58.1 Å². The van der Waals surface area contributed by atoms with Crippen LogP contribution in [0.15, 0.2) is 4.99 Å². The van der Waals surface area contributed by atoms with Gasteiger partial charge >= 0.3 is 0 Å². The number of nitrogens with zero attached hydrogens (tertiary/aromatic N) is 2. The summed E-state index contributed by atoms with van der Waals surface area (Å²) < 4.78 is 11.2. The molecule has 142 valence electrons. The van der Waals surface area contributed by atoms with Gasteiger partial charge in [0.1, 0.15) is 0 Å². The highest BCUT2D eigenvalue weighted by molar-refractivity contribution is 5.79. The molecule has 0 aromatic rings. The van der Waals surface area contributed by atoms with Crippen LogP contribution in [0.1, 0.15) is 47.5 Å². The van der Waals surface area contributed by atoms with Crippen molar-refractivity contribution in [2.24, 2.45) is 4.99 Å². The molecule has 0 bridgehead atoms. The van der Waals surface area contributed by atoms with E-state index in [1.807, 2.05) is 7.05 Å². The van der Waals surface area contributed by atoms with Gasteiger partial charge in [-0.2, -0.15) is 0 Å². The Morgan fingerprint density at radius 3 is 2.50 bits per heavy atom. The van der Waals surface area contributed by atoms with Gasteiger partial charge in [-0.1, -0.05) is 0 Å². The van der Waals surface area contributed by atoms with Crippen LogP contribution in [0.2, 0.25) is 0 Å². The maximum Gasteiger partial charge on any atom is 0.191 e. The fourth-order valence-electron chi connectivity index (χ4n) is 2.98. The van der Waals surface area contributed by atoms with Crippen molar-refractivity contribution in [2.45, 2.75) is 71.7 Å². The first-order valence-electron chi connectivity index (χ1n) is 9.36. The highest BCUT2D eigenvalue weighted by Crippen LogP contribution is 2.08. The molecule has 0 aliphatic carbocycles. The molecule has 0 saturated carbocycles. The lowest BCUT2D eigenvalue weighted by molar-refractivity contribution is 0.0347. The third kappa shape index (κ3) is 8.31. The molecule has 0 amide bonds. The van der Waals surface area contributed by atoms with Crippen molar-refractivity contribution in [1.82, 2.24) is 15.5 Å². The molecule has 24 heavy (non-hydrogen) atoms. The smallest absolute Gasteiger partial charge is 0.191 e. The van der Waals surface area contributed by atoms with Gasteiger partial charge < -0.3 is 20.1 Å². The van der Waals surface area contributed by atoms with E-state index in [1.54, 1.807) is 0 Å². The summed E-state index contributed by atoms with van der Waals surface area (Å²) in [4.78, 5) is 6.81. The SMILES string of the molecule is CN=C(NCCCN(C(C)C)C(C)C)NC(C)COC1CCOC1. The zero-order valence-electron chi connectivity index (χ0n) is 16.5. The molecule has 2 N–H and O–H groups in total. The van der Waals surface area contributed by atoms with E-state index in [4.69, 9.17) is 9.47 Å². The van der Waals surface area contributed by atoms with E-state index in [2.05, 4.69) is 55.1 Å². The number of guanidine groups is 1. The van der Waals surface area contributed by atoms with Gasteiger partial charge in [-0.3, -0.25) is 9.89 Å². The largest absolute Gasteiger partial charge is 0.379 e. The number of ether oxygens (including phenoxy) is 2. The van der Waals surface area contributed by atoms with Gasteiger partial charge in [0.15, 0.2) is 5.96 Å². The average Bonchev–Trinajstić information content (AvgIpc) is 3.04. The van der Waals surface area contributed by atoms with Crippen LogP contribution < -0.4 is 10.6 Å². The summed E-state index contributed by atoms with van der Waals surface area (Å²) in [7, 11) is 1.81. The Kier molecular flexibility index (Phi) is 10.3. The predicted molar refractivity (Wildman–Crippen MR) is 101 cm³/mol. The normalized spacial score (nSPS) is 20.2. The second-order valence-electron chi connectivity index (χ2n) is 7.14. The molecule has 1 saturated heterocycles. The van der Waals surface area contributed by atoms with Gasteiger partial charge in [0.25, 0.3) is 0 Å². The van der Waals surface area contributed by atoms with E-state index in [0.29, 0.717) is 18.7 Å². The molecule has 1 rings (SSSR count). The molecule has 2 atom stereocenters. The summed E-state index contributed by atoms with van der Waals surface area (Å²) in [5.41, 5.74) is 0. The van der Waals surface area contributed by atoms with Crippen LogP contribution in [0.5, 0.6) is 0 Å². The molecule has 6 nitrogen and oxygen atoms in total. The first-order chi connectivity index (χ1) is 11.4. The maximum atomic E-state index is 5.84. The molecule has 1 aliphatic rings. The lowest BCUT2D eigenvalue weighted by Gasteiger charge is -2.30. The lowest BCUT2D eigenvalue weighted by Crippen LogP contribution is -2.45. The minimum absolute atomic E-state index is 0.222. The summed E-state index contributed by atoms with van der Waals surface area (Å²) in [6.07, 6.45) is 2.35. The number of hydrogen-bond donors (Lipinski definition) is 2. The van der Waals surface area contributed by atoms with E-state index >= 15 is 0 Å². The molecular weight excluding hydrogens is 304 g/mol. The molecule has 0 aromatic heterocycles. The molecule has 1 fully saturated rings. The van der Waals surface area contributed by atoms with Gasteiger partial charge in [0, 0.05) is 44.9 Å². The van der Waals surface area contributed by atoms with Gasteiger partial charge in [-0.25, -0.2) is 0 Å². The summed E-state index contributed by atoms with van der Waals surface area (Å²) in [6.45, 7) is 15.4. The van der Waals surface area contributed by atoms with Crippen LogP contribution in [0.3, 0.4) is 0 Å². The average molecular weight is 343 g/mol. The van der Waals surface area contributed by atoms with Crippen molar-refractivity contribution in [2.75, 3.05) is 40.0 Å². The fourth-order valence-corrected chi connectivity index (χ4v) is 2.98. The Hall–Kier alpha value is -0.850.